The van der Waals surface area contributed by atoms with Gasteiger partial charge in [-0.25, -0.2) is 0 Å². The van der Waals surface area contributed by atoms with Gasteiger partial charge in [-0.05, 0) is 25.3 Å². The lowest BCUT2D eigenvalue weighted by molar-refractivity contribution is 0.0903. The molecular formula is C21H33N3O. The zero-order valence-corrected chi connectivity index (χ0v) is 16.4. The summed E-state index contributed by atoms with van der Waals surface area (Å²) >= 11 is 0. The number of rotatable bonds is 7. The molecule has 1 atom stereocenters. The van der Waals surface area contributed by atoms with Crippen LogP contribution in [0.25, 0.3) is 0 Å². The predicted molar refractivity (Wildman–Crippen MR) is 104 cm³/mol. The monoisotopic (exact) mass is 343 g/mol. The molecule has 0 fully saturated rings. The van der Waals surface area contributed by atoms with Crippen LogP contribution in [0.4, 0.5) is 0 Å². The minimum Gasteiger partial charge on any atom is -0.341 e. The van der Waals surface area contributed by atoms with Crippen molar-refractivity contribution in [3.05, 3.63) is 41.8 Å². The largest absolute Gasteiger partial charge is 0.341 e. The number of carbonyl (C=O) groups excluding carboxylic acids is 1. The molecule has 2 rings (SSSR count). The van der Waals surface area contributed by atoms with Crippen LogP contribution < -0.4 is 5.32 Å². The maximum atomic E-state index is 13.0. The SMILES string of the molecule is CCCCCn1nc(C(C)(C)C)cc1C(=O)N[C@]1(CC)C=CC=CC1. The normalized spacial score (nSPS) is 20.0. The van der Waals surface area contributed by atoms with Crippen LogP contribution in [-0.2, 0) is 12.0 Å². The highest BCUT2D eigenvalue weighted by atomic mass is 16.2. The molecule has 0 unspecified atom stereocenters. The van der Waals surface area contributed by atoms with Crippen LogP contribution in [0.1, 0.15) is 82.9 Å². The first-order valence-electron chi connectivity index (χ1n) is 9.56. The fraction of sp³-hybridized carbons (Fsp3) is 0.619. The van der Waals surface area contributed by atoms with Gasteiger partial charge in [0.15, 0.2) is 0 Å². The number of aromatic nitrogens is 2. The number of carbonyl (C=O) groups is 1. The summed E-state index contributed by atoms with van der Waals surface area (Å²) in [5.74, 6) is -0.0266. The van der Waals surface area contributed by atoms with E-state index in [0.29, 0.717) is 5.69 Å². The van der Waals surface area contributed by atoms with Crippen LogP contribution >= 0.6 is 0 Å². The standard InChI is InChI=1S/C21H33N3O/c1-6-8-12-15-24-17(16-18(23-24)20(3,4)5)19(25)22-21(7-2)13-10-9-11-14-21/h9-11,13,16H,6-8,12,14-15H2,1-5H3,(H,22,25)/t21-/m1/s1. The third kappa shape index (κ3) is 4.83. The number of hydrogen-bond acceptors (Lipinski definition) is 2. The van der Waals surface area contributed by atoms with Crippen LogP contribution in [0.15, 0.2) is 30.4 Å². The molecule has 0 aromatic carbocycles. The second-order valence-corrected chi connectivity index (χ2v) is 8.05. The van der Waals surface area contributed by atoms with Crippen molar-refractivity contribution >= 4 is 5.91 Å². The molecule has 1 aliphatic rings. The van der Waals surface area contributed by atoms with Crippen molar-refractivity contribution in [2.45, 2.75) is 84.2 Å². The Kier molecular flexibility index (Phi) is 6.26. The van der Waals surface area contributed by atoms with Crippen molar-refractivity contribution < 1.29 is 4.79 Å². The summed E-state index contributed by atoms with van der Waals surface area (Å²) in [4.78, 5) is 13.0. The Hall–Kier alpha value is -1.84. The molecule has 0 saturated carbocycles. The van der Waals surface area contributed by atoms with E-state index in [4.69, 9.17) is 5.10 Å². The molecule has 4 heteroatoms. The number of allylic oxidation sites excluding steroid dienone is 2. The van der Waals surface area contributed by atoms with Gasteiger partial charge in [0.25, 0.3) is 5.91 Å². The van der Waals surface area contributed by atoms with Gasteiger partial charge in [-0.3, -0.25) is 9.48 Å². The molecule has 0 radical (unpaired) electrons. The highest BCUT2D eigenvalue weighted by Gasteiger charge is 2.30. The molecule has 1 heterocycles. The molecule has 0 saturated heterocycles. The van der Waals surface area contributed by atoms with E-state index in [1.165, 1.54) is 0 Å². The number of unbranched alkanes of at least 4 members (excludes halogenated alkanes) is 2. The van der Waals surface area contributed by atoms with Gasteiger partial charge in [0.2, 0.25) is 0 Å². The van der Waals surface area contributed by atoms with Crippen molar-refractivity contribution in [3.63, 3.8) is 0 Å². The maximum Gasteiger partial charge on any atom is 0.270 e. The number of amides is 1. The van der Waals surface area contributed by atoms with E-state index < -0.39 is 0 Å². The molecule has 1 N–H and O–H groups in total. The fourth-order valence-corrected chi connectivity index (χ4v) is 3.05. The van der Waals surface area contributed by atoms with E-state index in [9.17, 15) is 4.79 Å². The Labute approximate surface area is 152 Å². The highest BCUT2D eigenvalue weighted by molar-refractivity contribution is 5.93. The Morgan fingerprint density at radius 1 is 1.28 bits per heavy atom. The third-order valence-corrected chi connectivity index (χ3v) is 4.89. The second-order valence-electron chi connectivity index (χ2n) is 8.05. The first kappa shape index (κ1) is 19.5. The van der Waals surface area contributed by atoms with Crippen LogP contribution in [0, 0.1) is 0 Å². The van der Waals surface area contributed by atoms with E-state index in [2.05, 4.69) is 52.1 Å². The van der Waals surface area contributed by atoms with Gasteiger partial charge in [-0.1, -0.05) is 71.8 Å². The Morgan fingerprint density at radius 2 is 2.04 bits per heavy atom. The molecule has 1 aliphatic carbocycles. The molecule has 25 heavy (non-hydrogen) atoms. The number of aryl methyl sites for hydroxylation is 1. The zero-order valence-electron chi connectivity index (χ0n) is 16.4. The minimum absolute atomic E-state index is 0.0266. The van der Waals surface area contributed by atoms with Gasteiger partial charge >= 0.3 is 0 Å². The third-order valence-electron chi connectivity index (χ3n) is 4.89. The van der Waals surface area contributed by atoms with Crippen molar-refractivity contribution in [1.29, 1.82) is 0 Å². The molecule has 0 spiro atoms. The fourth-order valence-electron chi connectivity index (χ4n) is 3.05. The van der Waals surface area contributed by atoms with Gasteiger partial charge in [0.1, 0.15) is 5.69 Å². The Morgan fingerprint density at radius 3 is 2.60 bits per heavy atom. The van der Waals surface area contributed by atoms with Crippen molar-refractivity contribution in [1.82, 2.24) is 15.1 Å². The van der Waals surface area contributed by atoms with Gasteiger partial charge < -0.3 is 5.32 Å². The lowest BCUT2D eigenvalue weighted by Gasteiger charge is -2.31. The summed E-state index contributed by atoms with van der Waals surface area (Å²) in [6, 6.07) is 1.97. The summed E-state index contributed by atoms with van der Waals surface area (Å²) in [7, 11) is 0. The van der Waals surface area contributed by atoms with E-state index in [1.807, 2.05) is 22.9 Å². The van der Waals surface area contributed by atoms with E-state index in [-0.39, 0.29) is 16.9 Å². The minimum atomic E-state index is -0.285. The molecule has 1 aromatic rings. The average Bonchev–Trinajstić information content (AvgIpc) is 3.00. The number of nitrogens with zero attached hydrogens (tertiary/aromatic N) is 2. The number of nitrogens with one attached hydrogen (secondary N) is 1. The van der Waals surface area contributed by atoms with Crippen LogP contribution in [0.3, 0.4) is 0 Å². The second kappa shape index (κ2) is 8.03. The first-order valence-corrected chi connectivity index (χ1v) is 9.56. The van der Waals surface area contributed by atoms with Crippen LogP contribution in [0.5, 0.6) is 0 Å². The highest BCUT2D eigenvalue weighted by Crippen LogP contribution is 2.25. The van der Waals surface area contributed by atoms with Gasteiger partial charge in [-0.15, -0.1) is 0 Å². The average molecular weight is 344 g/mol. The molecule has 4 nitrogen and oxygen atoms in total. The summed E-state index contributed by atoms with van der Waals surface area (Å²) in [5, 5.41) is 8.00. The van der Waals surface area contributed by atoms with Crippen molar-refractivity contribution in [2.75, 3.05) is 0 Å². The van der Waals surface area contributed by atoms with Crippen LogP contribution in [-0.4, -0.2) is 21.2 Å². The van der Waals surface area contributed by atoms with E-state index >= 15 is 0 Å². The van der Waals surface area contributed by atoms with E-state index in [1.54, 1.807) is 0 Å². The van der Waals surface area contributed by atoms with Crippen molar-refractivity contribution in [2.24, 2.45) is 0 Å². The van der Waals surface area contributed by atoms with Gasteiger partial charge in [0, 0.05) is 12.0 Å². The Balaban J connectivity index is 2.25. The molecule has 1 amide bonds. The summed E-state index contributed by atoms with van der Waals surface area (Å²) in [6.07, 6.45) is 13.3. The Bertz CT molecular complexity index is 649. The molecular weight excluding hydrogens is 310 g/mol. The summed E-state index contributed by atoms with van der Waals surface area (Å²) in [6.45, 7) is 11.5. The van der Waals surface area contributed by atoms with Gasteiger partial charge in [-0.2, -0.15) is 5.10 Å². The molecule has 0 bridgehead atoms. The topological polar surface area (TPSA) is 46.9 Å². The first-order chi connectivity index (χ1) is 11.8. The van der Waals surface area contributed by atoms with Gasteiger partial charge in [0.05, 0.1) is 11.2 Å². The molecule has 138 valence electrons. The van der Waals surface area contributed by atoms with Crippen molar-refractivity contribution in [3.8, 4) is 0 Å². The lowest BCUT2D eigenvalue weighted by Crippen LogP contribution is -2.47. The smallest absolute Gasteiger partial charge is 0.270 e. The molecule has 0 aliphatic heterocycles. The maximum absolute atomic E-state index is 13.0. The summed E-state index contributed by atoms with van der Waals surface area (Å²) < 4.78 is 1.90. The lowest BCUT2D eigenvalue weighted by atomic mass is 9.88. The quantitative estimate of drug-likeness (QED) is 0.725. The molecule has 1 aromatic heterocycles. The number of hydrogen-bond donors (Lipinski definition) is 1. The van der Waals surface area contributed by atoms with E-state index in [0.717, 1.165) is 44.3 Å². The summed E-state index contributed by atoms with van der Waals surface area (Å²) in [5.41, 5.74) is 1.29. The predicted octanol–water partition coefficient (Wildman–Crippen LogP) is 4.77. The zero-order chi connectivity index (χ0) is 18.5. The van der Waals surface area contributed by atoms with Crippen LogP contribution in [0.2, 0.25) is 0 Å².